The minimum Gasteiger partial charge on any atom is -0.462 e. The standard InChI is InChI=1S/C74H132O6/c1-4-7-10-13-16-18-20-22-24-26-28-30-32-34-35-36-37-38-40-41-43-45-47-49-51-53-55-58-61-64-67-73(76)79-70-71(69-78-72(75)66-63-60-57-15-12-9-6-3)80-74(77)68-65-62-59-56-54-52-50-48-46-44-42-39-33-31-29-27-25-23-21-19-17-14-11-8-5-2/h8,11,17,19,23,25,29,31,39,42,46,48,71H,4-7,9-10,12-16,18,20-22,24,26-28,30,32-38,40-41,43-45,47,49-70H2,1-3H3/b11-8-,19-17-,25-23-,31-29-,42-39-,48-46-. The Morgan fingerprint density at radius 2 is 0.487 bits per heavy atom. The Labute approximate surface area is 497 Å². The maximum Gasteiger partial charge on any atom is 0.306 e. The molecule has 80 heavy (non-hydrogen) atoms. The second kappa shape index (κ2) is 68.3. The lowest BCUT2D eigenvalue weighted by molar-refractivity contribution is -0.167. The first-order valence-corrected chi connectivity index (χ1v) is 34.9. The van der Waals surface area contributed by atoms with Crippen LogP contribution in [0.2, 0.25) is 0 Å². The van der Waals surface area contributed by atoms with Gasteiger partial charge >= 0.3 is 17.9 Å². The van der Waals surface area contributed by atoms with Crippen LogP contribution in [-0.2, 0) is 28.6 Å². The van der Waals surface area contributed by atoms with E-state index in [2.05, 4.69) is 93.7 Å². The molecule has 0 spiro atoms. The van der Waals surface area contributed by atoms with E-state index < -0.39 is 6.10 Å². The molecule has 0 bridgehead atoms. The van der Waals surface area contributed by atoms with Crippen molar-refractivity contribution in [3.8, 4) is 0 Å². The Kier molecular flexibility index (Phi) is 65.7. The molecule has 0 aromatic carbocycles. The summed E-state index contributed by atoms with van der Waals surface area (Å²) in [5.74, 6) is -0.882. The minimum absolute atomic E-state index is 0.0777. The zero-order chi connectivity index (χ0) is 57.8. The molecule has 464 valence electrons. The molecule has 0 aliphatic heterocycles. The quantitative estimate of drug-likeness (QED) is 0.0261. The summed E-state index contributed by atoms with van der Waals surface area (Å²) in [6.45, 7) is 6.52. The molecule has 0 rings (SSSR count). The first-order valence-electron chi connectivity index (χ1n) is 34.9. The number of hydrogen-bond acceptors (Lipinski definition) is 6. The number of carbonyl (C=O) groups is 3. The molecule has 6 nitrogen and oxygen atoms in total. The number of esters is 3. The van der Waals surface area contributed by atoms with Crippen LogP contribution >= 0.6 is 0 Å². The highest BCUT2D eigenvalue weighted by atomic mass is 16.6. The maximum atomic E-state index is 12.9. The summed E-state index contributed by atoms with van der Waals surface area (Å²) >= 11 is 0. The van der Waals surface area contributed by atoms with Crippen molar-refractivity contribution in [2.75, 3.05) is 13.2 Å². The molecule has 0 saturated heterocycles. The van der Waals surface area contributed by atoms with E-state index in [0.717, 1.165) is 109 Å². The Bertz CT molecular complexity index is 1470. The fourth-order valence-corrected chi connectivity index (χ4v) is 10.3. The van der Waals surface area contributed by atoms with Gasteiger partial charge in [0, 0.05) is 19.3 Å². The second-order valence-corrected chi connectivity index (χ2v) is 23.4. The Hall–Kier alpha value is -3.15. The van der Waals surface area contributed by atoms with Gasteiger partial charge in [-0.2, -0.15) is 0 Å². The van der Waals surface area contributed by atoms with Crippen LogP contribution in [0.1, 0.15) is 361 Å². The van der Waals surface area contributed by atoms with Crippen LogP contribution in [0.15, 0.2) is 72.9 Å². The van der Waals surface area contributed by atoms with Crippen LogP contribution in [0.3, 0.4) is 0 Å². The van der Waals surface area contributed by atoms with Crippen LogP contribution in [0.4, 0.5) is 0 Å². The Balaban J connectivity index is 4.07. The number of rotatable bonds is 64. The number of unbranched alkanes of at least 4 members (excludes halogenated alkanes) is 41. The summed E-state index contributed by atoms with van der Waals surface area (Å²) in [5, 5.41) is 0. The van der Waals surface area contributed by atoms with E-state index in [1.54, 1.807) is 0 Å². The summed E-state index contributed by atoms with van der Waals surface area (Å²) in [4.78, 5) is 38.2. The van der Waals surface area contributed by atoms with Crippen molar-refractivity contribution in [3.05, 3.63) is 72.9 Å². The van der Waals surface area contributed by atoms with Crippen LogP contribution in [0.5, 0.6) is 0 Å². The number of ether oxygens (including phenoxy) is 3. The third kappa shape index (κ3) is 65.7. The minimum atomic E-state index is -0.781. The lowest BCUT2D eigenvalue weighted by atomic mass is 10.0. The average Bonchev–Trinajstić information content (AvgIpc) is 3.46. The van der Waals surface area contributed by atoms with Gasteiger partial charge in [-0.3, -0.25) is 14.4 Å². The lowest BCUT2D eigenvalue weighted by Gasteiger charge is -2.18. The molecule has 0 aliphatic carbocycles. The smallest absolute Gasteiger partial charge is 0.306 e. The normalized spacial score (nSPS) is 12.5. The van der Waals surface area contributed by atoms with Crippen molar-refractivity contribution in [2.45, 2.75) is 367 Å². The van der Waals surface area contributed by atoms with Crippen LogP contribution < -0.4 is 0 Å². The first kappa shape index (κ1) is 76.9. The van der Waals surface area contributed by atoms with Gasteiger partial charge in [0.05, 0.1) is 0 Å². The van der Waals surface area contributed by atoms with E-state index in [0.29, 0.717) is 19.3 Å². The summed E-state index contributed by atoms with van der Waals surface area (Å²) in [6, 6.07) is 0. The molecule has 1 atom stereocenters. The fraction of sp³-hybridized carbons (Fsp3) is 0.797. The third-order valence-corrected chi connectivity index (χ3v) is 15.5. The van der Waals surface area contributed by atoms with Crippen molar-refractivity contribution in [2.24, 2.45) is 0 Å². The summed E-state index contributed by atoms with van der Waals surface area (Å²) in [6.07, 6.45) is 89.7. The molecule has 0 amide bonds. The summed E-state index contributed by atoms with van der Waals surface area (Å²) in [7, 11) is 0. The van der Waals surface area contributed by atoms with Gasteiger partial charge in [0.2, 0.25) is 0 Å². The zero-order valence-electron chi connectivity index (χ0n) is 53.3. The van der Waals surface area contributed by atoms with Crippen LogP contribution in [-0.4, -0.2) is 37.2 Å². The second-order valence-electron chi connectivity index (χ2n) is 23.4. The molecule has 1 unspecified atom stereocenters. The van der Waals surface area contributed by atoms with Crippen molar-refractivity contribution >= 4 is 17.9 Å². The predicted molar refractivity (Wildman–Crippen MR) is 348 cm³/mol. The van der Waals surface area contributed by atoms with Gasteiger partial charge in [-0.25, -0.2) is 0 Å². The van der Waals surface area contributed by atoms with Crippen molar-refractivity contribution < 1.29 is 28.6 Å². The topological polar surface area (TPSA) is 78.9 Å². The lowest BCUT2D eigenvalue weighted by Crippen LogP contribution is -2.30. The van der Waals surface area contributed by atoms with Crippen LogP contribution in [0.25, 0.3) is 0 Å². The summed E-state index contributed by atoms with van der Waals surface area (Å²) < 4.78 is 16.9. The van der Waals surface area contributed by atoms with E-state index in [1.165, 1.54) is 212 Å². The third-order valence-electron chi connectivity index (χ3n) is 15.5. The van der Waals surface area contributed by atoms with E-state index in [1.807, 2.05) is 0 Å². The fourth-order valence-electron chi connectivity index (χ4n) is 10.3. The zero-order valence-corrected chi connectivity index (χ0v) is 53.3. The molecular formula is C74H132O6. The SMILES string of the molecule is CC/C=C\C/C=C\C/C=C\C/C=C\C/C=C\C/C=C\CCCCCCCCC(=O)OC(COC(=O)CCCCCCCCC)COC(=O)CCCCCCCCCCCCCCCCCCCCCCCCCCCCCCCC. The molecule has 0 saturated carbocycles. The number of allylic oxidation sites excluding steroid dienone is 12. The highest BCUT2D eigenvalue weighted by molar-refractivity contribution is 5.71. The largest absolute Gasteiger partial charge is 0.462 e. The van der Waals surface area contributed by atoms with E-state index in [4.69, 9.17) is 14.2 Å². The molecule has 6 heteroatoms. The van der Waals surface area contributed by atoms with E-state index in [-0.39, 0.29) is 31.1 Å². The Morgan fingerprint density at radius 3 is 0.762 bits per heavy atom. The van der Waals surface area contributed by atoms with Crippen molar-refractivity contribution in [3.63, 3.8) is 0 Å². The Morgan fingerprint density at radius 1 is 0.263 bits per heavy atom. The predicted octanol–water partition coefficient (Wildman–Crippen LogP) is 24.1. The van der Waals surface area contributed by atoms with Gasteiger partial charge < -0.3 is 14.2 Å². The van der Waals surface area contributed by atoms with E-state index >= 15 is 0 Å². The molecule has 0 heterocycles. The van der Waals surface area contributed by atoms with Gasteiger partial charge in [0.1, 0.15) is 13.2 Å². The van der Waals surface area contributed by atoms with Gasteiger partial charge in [0.25, 0.3) is 0 Å². The van der Waals surface area contributed by atoms with Gasteiger partial charge in [-0.15, -0.1) is 0 Å². The van der Waals surface area contributed by atoms with Gasteiger partial charge in [0.15, 0.2) is 6.10 Å². The average molecular weight is 1120 g/mol. The molecule has 0 aromatic heterocycles. The first-order chi connectivity index (χ1) is 39.5. The van der Waals surface area contributed by atoms with E-state index in [9.17, 15) is 14.4 Å². The number of carbonyl (C=O) groups excluding carboxylic acids is 3. The van der Waals surface area contributed by atoms with Gasteiger partial charge in [-0.05, 0) is 70.6 Å². The molecule has 0 aliphatic rings. The monoisotopic (exact) mass is 1120 g/mol. The molecule has 0 aromatic rings. The van der Waals surface area contributed by atoms with Crippen LogP contribution in [0, 0.1) is 0 Å². The molecule has 0 fully saturated rings. The van der Waals surface area contributed by atoms with Gasteiger partial charge in [-0.1, -0.05) is 344 Å². The molecule has 0 N–H and O–H groups in total. The number of hydrogen-bond donors (Lipinski definition) is 0. The van der Waals surface area contributed by atoms with Crippen molar-refractivity contribution in [1.29, 1.82) is 0 Å². The summed E-state index contributed by atoms with van der Waals surface area (Å²) in [5.41, 5.74) is 0. The molecular weight excluding hydrogens is 985 g/mol. The maximum absolute atomic E-state index is 12.9. The van der Waals surface area contributed by atoms with Crippen molar-refractivity contribution in [1.82, 2.24) is 0 Å². The highest BCUT2D eigenvalue weighted by Gasteiger charge is 2.19. The molecule has 0 radical (unpaired) electrons. The highest BCUT2D eigenvalue weighted by Crippen LogP contribution is 2.18.